The number of urea groups is 1. The van der Waals surface area contributed by atoms with Crippen LogP contribution in [0.1, 0.15) is 12.0 Å². The van der Waals surface area contributed by atoms with Gasteiger partial charge in [-0.2, -0.15) is 0 Å². The molecule has 2 rings (SSSR count). The normalized spacial score (nSPS) is 15.8. The number of hydrogen-bond acceptors (Lipinski definition) is 3. The number of hydrogen-bond donors (Lipinski definition) is 1. The van der Waals surface area contributed by atoms with E-state index in [4.69, 9.17) is 28.0 Å². The van der Waals surface area contributed by atoms with E-state index in [2.05, 4.69) is 5.32 Å². The average molecular weight is 289 g/mol. The highest BCUT2D eigenvalue weighted by molar-refractivity contribution is 6.42. The van der Waals surface area contributed by atoms with Crippen LogP contribution in [-0.4, -0.2) is 23.5 Å². The number of imide groups is 1. The van der Waals surface area contributed by atoms with E-state index in [0.717, 1.165) is 10.6 Å². The molecule has 5 nitrogen and oxygen atoms in total. The number of benzene rings is 1. The number of carbonyl (C=O) groups is 2. The molecule has 0 atom stereocenters. The molecule has 0 radical (unpaired) electrons. The van der Waals surface area contributed by atoms with Gasteiger partial charge in [-0.25, -0.2) is 9.86 Å². The Balaban J connectivity index is 1.93. The van der Waals surface area contributed by atoms with E-state index >= 15 is 0 Å². The van der Waals surface area contributed by atoms with Crippen molar-refractivity contribution in [1.82, 2.24) is 10.4 Å². The lowest BCUT2D eigenvalue weighted by molar-refractivity contribution is -0.147. The lowest BCUT2D eigenvalue weighted by Gasteiger charge is -2.25. The quantitative estimate of drug-likeness (QED) is 0.929. The third kappa shape index (κ3) is 3.13. The standard InChI is InChI=1S/C11H10Cl2N2O3/c12-8-2-1-7(5-9(8)13)6-18-15-4-3-10(16)14-11(15)17/h1-2,5H,3-4,6H2,(H,14,16,17). The second-order valence-corrected chi connectivity index (χ2v) is 4.54. The van der Waals surface area contributed by atoms with Gasteiger partial charge >= 0.3 is 6.03 Å². The van der Waals surface area contributed by atoms with Crippen LogP contribution in [0.5, 0.6) is 0 Å². The summed E-state index contributed by atoms with van der Waals surface area (Å²) in [5, 5.41) is 4.16. The zero-order valence-corrected chi connectivity index (χ0v) is 10.8. The minimum Gasteiger partial charge on any atom is -0.276 e. The Labute approximate surface area is 114 Å². The summed E-state index contributed by atoms with van der Waals surface area (Å²) in [7, 11) is 0. The van der Waals surface area contributed by atoms with E-state index in [0.29, 0.717) is 10.0 Å². The molecular weight excluding hydrogens is 279 g/mol. The predicted molar refractivity (Wildman–Crippen MR) is 66.1 cm³/mol. The average Bonchev–Trinajstić information content (AvgIpc) is 2.32. The predicted octanol–water partition coefficient (Wildman–Crippen LogP) is 2.37. The third-order valence-electron chi connectivity index (χ3n) is 2.39. The summed E-state index contributed by atoms with van der Waals surface area (Å²) >= 11 is 11.6. The Kier molecular flexibility index (Phi) is 4.06. The van der Waals surface area contributed by atoms with E-state index in [1.165, 1.54) is 0 Å². The van der Waals surface area contributed by atoms with Gasteiger partial charge in [-0.1, -0.05) is 29.3 Å². The van der Waals surface area contributed by atoms with Gasteiger partial charge in [0, 0.05) is 6.42 Å². The van der Waals surface area contributed by atoms with Gasteiger partial charge in [-0.3, -0.25) is 14.9 Å². The zero-order valence-electron chi connectivity index (χ0n) is 9.28. The number of carbonyl (C=O) groups excluding carboxylic acids is 2. The first-order chi connectivity index (χ1) is 8.56. The number of nitrogens with one attached hydrogen (secondary N) is 1. The number of nitrogens with zero attached hydrogens (tertiary/aromatic N) is 1. The summed E-state index contributed by atoms with van der Waals surface area (Å²) in [5.41, 5.74) is 0.786. The smallest absolute Gasteiger partial charge is 0.276 e. The molecule has 1 aliphatic heterocycles. The summed E-state index contributed by atoms with van der Waals surface area (Å²) in [6.07, 6.45) is 0.229. The molecule has 96 valence electrons. The molecule has 0 saturated carbocycles. The fourth-order valence-corrected chi connectivity index (χ4v) is 1.77. The molecule has 0 aliphatic carbocycles. The molecule has 1 aromatic rings. The van der Waals surface area contributed by atoms with E-state index < -0.39 is 6.03 Å². The molecule has 0 unspecified atom stereocenters. The summed E-state index contributed by atoms with van der Waals surface area (Å²) in [6.45, 7) is 0.421. The molecule has 0 spiro atoms. The monoisotopic (exact) mass is 288 g/mol. The number of amides is 3. The molecule has 1 fully saturated rings. The second-order valence-electron chi connectivity index (χ2n) is 3.73. The maximum atomic E-state index is 11.4. The van der Waals surface area contributed by atoms with Crippen LogP contribution in [0.4, 0.5) is 4.79 Å². The molecule has 1 N–H and O–H groups in total. The molecule has 7 heteroatoms. The van der Waals surface area contributed by atoms with Crippen molar-refractivity contribution in [2.24, 2.45) is 0 Å². The van der Waals surface area contributed by atoms with Crippen LogP contribution in [0.2, 0.25) is 10.0 Å². The first-order valence-electron chi connectivity index (χ1n) is 5.24. The fourth-order valence-electron chi connectivity index (χ4n) is 1.45. The highest BCUT2D eigenvalue weighted by Crippen LogP contribution is 2.23. The molecule has 1 heterocycles. The number of hydroxylamine groups is 2. The Morgan fingerprint density at radius 2 is 2.06 bits per heavy atom. The lowest BCUT2D eigenvalue weighted by atomic mass is 10.2. The lowest BCUT2D eigenvalue weighted by Crippen LogP contribution is -2.49. The number of rotatable bonds is 3. The third-order valence-corrected chi connectivity index (χ3v) is 3.12. The molecule has 3 amide bonds. The first kappa shape index (κ1) is 13.1. The summed E-state index contributed by atoms with van der Waals surface area (Å²) in [5.74, 6) is -0.297. The van der Waals surface area contributed by atoms with Crippen molar-refractivity contribution in [3.63, 3.8) is 0 Å². The van der Waals surface area contributed by atoms with Gasteiger partial charge in [-0.05, 0) is 17.7 Å². The molecule has 1 saturated heterocycles. The second kappa shape index (κ2) is 5.56. The van der Waals surface area contributed by atoms with Crippen LogP contribution < -0.4 is 5.32 Å². The van der Waals surface area contributed by atoms with Gasteiger partial charge in [-0.15, -0.1) is 0 Å². The Hall–Kier alpha value is -1.30. The van der Waals surface area contributed by atoms with Crippen LogP contribution in [0.25, 0.3) is 0 Å². The Bertz CT molecular complexity index is 493. The van der Waals surface area contributed by atoms with Crippen LogP contribution in [0.3, 0.4) is 0 Å². The first-order valence-corrected chi connectivity index (χ1v) is 6.00. The van der Waals surface area contributed by atoms with Gasteiger partial charge in [0.1, 0.15) is 6.61 Å². The minimum absolute atomic E-state index is 0.179. The van der Waals surface area contributed by atoms with Gasteiger partial charge < -0.3 is 0 Å². The summed E-state index contributed by atoms with van der Waals surface area (Å²) < 4.78 is 0. The van der Waals surface area contributed by atoms with Crippen LogP contribution in [0.15, 0.2) is 18.2 Å². The zero-order chi connectivity index (χ0) is 13.1. The maximum absolute atomic E-state index is 11.4. The van der Waals surface area contributed by atoms with Crippen molar-refractivity contribution < 1.29 is 14.4 Å². The number of halogens is 2. The Morgan fingerprint density at radius 1 is 1.28 bits per heavy atom. The van der Waals surface area contributed by atoms with Gasteiger partial charge in [0.25, 0.3) is 0 Å². The van der Waals surface area contributed by atoms with Crippen LogP contribution >= 0.6 is 23.2 Å². The molecule has 0 aromatic heterocycles. The van der Waals surface area contributed by atoms with Gasteiger partial charge in [0.15, 0.2) is 0 Å². The van der Waals surface area contributed by atoms with Crippen molar-refractivity contribution >= 4 is 35.1 Å². The van der Waals surface area contributed by atoms with Crippen molar-refractivity contribution in [2.45, 2.75) is 13.0 Å². The van der Waals surface area contributed by atoms with Crippen molar-refractivity contribution in [2.75, 3.05) is 6.54 Å². The molecule has 1 aromatic carbocycles. The van der Waals surface area contributed by atoms with Crippen molar-refractivity contribution in [3.8, 4) is 0 Å². The van der Waals surface area contributed by atoms with E-state index in [-0.39, 0.29) is 25.5 Å². The molecule has 1 aliphatic rings. The van der Waals surface area contributed by atoms with Gasteiger partial charge in [0.05, 0.1) is 16.6 Å². The summed E-state index contributed by atoms with van der Waals surface area (Å²) in [6, 6.07) is 4.52. The van der Waals surface area contributed by atoms with Gasteiger partial charge in [0.2, 0.25) is 5.91 Å². The molecule has 0 bridgehead atoms. The SMILES string of the molecule is O=C1CCN(OCc2ccc(Cl)c(Cl)c2)C(=O)N1. The molecular formula is C11H10Cl2N2O3. The van der Waals surface area contributed by atoms with E-state index in [1.807, 2.05) is 0 Å². The van der Waals surface area contributed by atoms with Crippen LogP contribution in [-0.2, 0) is 16.2 Å². The maximum Gasteiger partial charge on any atom is 0.347 e. The highest BCUT2D eigenvalue weighted by Gasteiger charge is 2.23. The molecule has 18 heavy (non-hydrogen) atoms. The minimum atomic E-state index is -0.550. The van der Waals surface area contributed by atoms with E-state index in [1.54, 1.807) is 18.2 Å². The van der Waals surface area contributed by atoms with Crippen molar-refractivity contribution in [1.29, 1.82) is 0 Å². The summed E-state index contributed by atoms with van der Waals surface area (Å²) in [4.78, 5) is 27.6. The topological polar surface area (TPSA) is 58.6 Å². The fraction of sp³-hybridized carbons (Fsp3) is 0.273. The Morgan fingerprint density at radius 3 is 2.72 bits per heavy atom. The van der Waals surface area contributed by atoms with Crippen LogP contribution in [0, 0.1) is 0 Å². The van der Waals surface area contributed by atoms with Crippen molar-refractivity contribution in [3.05, 3.63) is 33.8 Å². The highest BCUT2D eigenvalue weighted by atomic mass is 35.5. The van der Waals surface area contributed by atoms with E-state index in [9.17, 15) is 9.59 Å². The largest absolute Gasteiger partial charge is 0.347 e.